The topological polar surface area (TPSA) is 32.7 Å². The number of aliphatic imine (C=N–C) groups is 1. The number of nitrogens with zero attached hydrogens (tertiary/aromatic N) is 2. The van der Waals surface area contributed by atoms with E-state index in [4.69, 9.17) is 4.99 Å². The molecule has 1 amide bonds. The van der Waals surface area contributed by atoms with E-state index in [0.29, 0.717) is 10.1 Å². The van der Waals surface area contributed by atoms with Crippen molar-refractivity contribution in [2.45, 2.75) is 26.7 Å². The van der Waals surface area contributed by atoms with Crippen LogP contribution < -0.4 is 4.90 Å². The number of carbonyl (C=O) groups excluding carboxylic acids is 1. The zero-order valence-electron chi connectivity index (χ0n) is 17.5. The number of amidine groups is 1. The van der Waals surface area contributed by atoms with E-state index in [-0.39, 0.29) is 11.7 Å². The highest BCUT2D eigenvalue weighted by Crippen LogP contribution is 2.37. The first-order valence-electron chi connectivity index (χ1n) is 10.3. The van der Waals surface area contributed by atoms with Gasteiger partial charge in [0.1, 0.15) is 5.82 Å². The van der Waals surface area contributed by atoms with Gasteiger partial charge in [-0.1, -0.05) is 50.2 Å². The summed E-state index contributed by atoms with van der Waals surface area (Å²) in [6, 6.07) is 22.1. The van der Waals surface area contributed by atoms with Crippen molar-refractivity contribution in [1.82, 2.24) is 0 Å². The summed E-state index contributed by atoms with van der Waals surface area (Å²) in [5.74, 6) is -0.439. The van der Waals surface area contributed by atoms with Crippen molar-refractivity contribution in [2.24, 2.45) is 4.99 Å². The Morgan fingerprint density at radius 1 is 0.871 bits per heavy atom. The molecule has 0 unspecified atom stereocenters. The van der Waals surface area contributed by atoms with Gasteiger partial charge in [0.2, 0.25) is 0 Å². The lowest BCUT2D eigenvalue weighted by Crippen LogP contribution is -2.28. The van der Waals surface area contributed by atoms with Crippen molar-refractivity contribution < 1.29 is 9.18 Å². The van der Waals surface area contributed by atoms with E-state index in [1.54, 1.807) is 23.1 Å². The molecular weight excluding hydrogens is 407 g/mol. The number of anilines is 1. The Hall–Kier alpha value is -3.18. The highest BCUT2D eigenvalue weighted by atomic mass is 32.2. The third-order valence-corrected chi connectivity index (χ3v) is 6.12. The lowest BCUT2D eigenvalue weighted by Gasteiger charge is -2.16. The van der Waals surface area contributed by atoms with Crippen molar-refractivity contribution >= 4 is 40.3 Å². The Bertz CT molecular complexity index is 1130. The molecular formula is C26H23FN2OS. The number of hydrogen-bond acceptors (Lipinski definition) is 3. The molecule has 0 bridgehead atoms. The summed E-state index contributed by atoms with van der Waals surface area (Å²) in [6.45, 7) is 4.21. The summed E-state index contributed by atoms with van der Waals surface area (Å²) in [5.41, 5.74) is 4.79. The minimum absolute atomic E-state index is 0.137. The fourth-order valence-corrected chi connectivity index (χ4v) is 4.29. The van der Waals surface area contributed by atoms with Crippen LogP contribution in [0.3, 0.4) is 0 Å². The highest BCUT2D eigenvalue weighted by Gasteiger charge is 2.34. The number of hydrogen-bond donors (Lipinski definition) is 0. The number of thioether (sulfide) groups is 1. The number of rotatable bonds is 5. The summed E-state index contributed by atoms with van der Waals surface area (Å²) in [6.07, 6.45) is 3.68. The van der Waals surface area contributed by atoms with Crippen molar-refractivity contribution in [3.8, 4) is 0 Å². The highest BCUT2D eigenvalue weighted by molar-refractivity contribution is 8.19. The van der Waals surface area contributed by atoms with E-state index in [1.165, 1.54) is 35.0 Å². The van der Waals surface area contributed by atoms with Crippen LogP contribution in [0.15, 0.2) is 82.7 Å². The molecule has 4 rings (SSSR count). The van der Waals surface area contributed by atoms with Gasteiger partial charge in [-0.2, -0.15) is 0 Å². The van der Waals surface area contributed by atoms with Gasteiger partial charge in [-0.15, -0.1) is 0 Å². The predicted molar refractivity (Wildman–Crippen MR) is 128 cm³/mol. The fraction of sp³-hybridized carbons (Fsp3) is 0.154. The molecule has 1 heterocycles. The van der Waals surface area contributed by atoms with E-state index < -0.39 is 0 Å². The fourth-order valence-electron chi connectivity index (χ4n) is 3.28. The maximum Gasteiger partial charge on any atom is 0.271 e. The summed E-state index contributed by atoms with van der Waals surface area (Å²) in [5, 5.41) is 0.604. The molecule has 0 spiro atoms. The molecule has 3 nitrogen and oxygen atoms in total. The molecule has 0 saturated carbocycles. The lowest BCUT2D eigenvalue weighted by molar-refractivity contribution is -0.113. The third-order valence-electron chi connectivity index (χ3n) is 5.15. The van der Waals surface area contributed by atoms with Gasteiger partial charge in [0, 0.05) is 0 Å². The van der Waals surface area contributed by atoms with Crippen LogP contribution in [0.4, 0.5) is 15.8 Å². The van der Waals surface area contributed by atoms with Crippen molar-refractivity contribution in [2.75, 3.05) is 4.90 Å². The summed E-state index contributed by atoms with van der Waals surface area (Å²) < 4.78 is 13.3. The molecule has 0 radical (unpaired) electrons. The molecule has 3 aromatic rings. The molecule has 0 N–H and O–H groups in total. The Morgan fingerprint density at radius 2 is 1.45 bits per heavy atom. The second-order valence-electron chi connectivity index (χ2n) is 7.24. The monoisotopic (exact) mass is 430 g/mol. The molecule has 1 fully saturated rings. The lowest BCUT2D eigenvalue weighted by atomic mass is 10.1. The second-order valence-corrected chi connectivity index (χ2v) is 8.25. The molecule has 0 atom stereocenters. The quantitative estimate of drug-likeness (QED) is 0.419. The first kappa shape index (κ1) is 21.1. The SMILES string of the molecule is CCc1ccc(N=C2S/C(=C\c3ccc(F)cc3)C(=O)N2c2ccc(CC)cc2)cc1. The summed E-state index contributed by atoms with van der Waals surface area (Å²) in [4.78, 5) is 20.3. The zero-order valence-corrected chi connectivity index (χ0v) is 18.3. The van der Waals surface area contributed by atoms with Crippen LogP contribution in [0.2, 0.25) is 0 Å². The molecule has 1 saturated heterocycles. The second kappa shape index (κ2) is 9.31. The maximum absolute atomic E-state index is 13.3. The van der Waals surface area contributed by atoms with Gasteiger partial charge in [0.05, 0.1) is 16.3 Å². The van der Waals surface area contributed by atoms with Crippen LogP contribution in [0, 0.1) is 5.82 Å². The molecule has 1 aliphatic heterocycles. The van der Waals surface area contributed by atoms with Crippen LogP contribution in [-0.4, -0.2) is 11.1 Å². The van der Waals surface area contributed by atoms with Gasteiger partial charge in [-0.25, -0.2) is 9.38 Å². The normalized spacial score (nSPS) is 16.5. The van der Waals surface area contributed by atoms with Crippen LogP contribution in [-0.2, 0) is 17.6 Å². The van der Waals surface area contributed by atoms with Crippen LogP contribution in [0.1, 0.15) is 30.5 Å². The van der Waals surface area contributed by atoms with Gasteiger partial charge in [-0.05, 0) is 83.8 Å². The average Bonchev–Trinajstić information content (AvgIpc) is 3.10. The van der Waals surface area contributed by atoms with E-state index >= 15 is 0 Å². The molecule has 0 aliphatic carbocycles. The maximum atomic E-state index is 13.3. The van der Waals surface area contributed by atoms with Crippen molar-refractivity contribution in [1.29, 1.82) is 0 Å². The van der Waals surface area contributed by atoms with Gasteiger partial charge < -0.3 is 0 Å². The molecule has 31 heavy (non-hydrogen) atoms. The largest absolute Gasteiger partial charge is 0.271 e. The van der Waals surface area contributed by atoms with Gasteiger partial charge >= 0.3 is 0 Å². The molecule has 5 heteroatoms. The number of amides is 1. The zero-order chi connectivity index (χ0) is 21.8. The number of carbonyl (C=O) groups is 1. The van der Waals surface area contributed by atoms with Crippen LogP contribution in [0.5, 0.6) is 0 Å². The van der Waals surface area contributed by atoms with Crippen LogP contribution >= 0.6 is 11.8 Å². The Balaban J connectivity index is 1.74. The third kappa shape index (κ3) is 4.78. The minimum Gasteiger partial charge on any atom is -0.268 e. The average molecular weight is 431 g/mol. The number of aryl methyl sites for hydroxylation is 2. The smallest absolute Gasteiger partial charge is 0.268 e. The van der Waals surface area contributed by atoms with E-state index in [9.17, 15) is 9.18 Å². The van der Waals surface area contributed by atoms with Gasteiger partial charge in [0.25, 0.3) is 5.91 Å². The molecule has 156 valence electrons. The number of benzene rings is 3. The van der Waals surface area contributed by atoms with Gasteiger partial charge in [-0.3, -0.25) is 9.69 Å². The number of halogens is 1. The first-order chi connectivity index (χ1) is 15.1. The van der Waals surface area contributed by atoms with Crippen LogP contribution in [0.25, 0.3) is 6.08 Å². The van der Waals surface area contributed by atoms with E-state index in [2.05, 4.69) is 26.0 Å². The van der Waals surface area contributed by atoms with Crippen molar-refractivity contribution in [3.05, 3.63) is 100 Å². The first-order valence-corrected chi connectivity index (χ1v) is 11.1. The summed E-state index contributed by atoms with van der Waals surface area (Å²) in [7, 11) is 0. The van der Waals surface area contributed by atoms with E-state index in [1.807, 2.05) is 36.4 Å². The predicted octanol–water partition coefficient (Wildman–Crippen LogP) is 6.76. The van der Waals surface area contributed by atoms with Gasteiger partial charge in [0.15, 0.2) is 5.17 Å². The molecule has 3 aromatic carbocycles. The Kier molecular flexibility index (Phi) is 6.33. The molecule has 1 aliphatic rings. The Morgan fingerprint density at radius 3 is 2.03 bits per heavy atom. The van der Waals surface area contributed by atoms with E-state index in [0.717, 1.165) is 29.8 Å². The standard InChI is InChI=1S/C26H23FN2OS/c1-3-18-7-13-22(14-8-18)28-26-29(23-15-9-19(4-2)10-16-23)25(30)24(31-26)17-20-5-11-21(27)12-6-20/h5-17H,3-4H2,1-2H3/b24-17-,28-26?. The minimum atomic E-state index is -0.303. The Labute approximate surface area is 186 Å². The summed E-state index contributed by atoms with van der Waals surface area (Å²) >= 11 is 1.33. The van der Waals surface area contributed by atoms with Crippen molar-refractivity contribution in [3.63, 3.8) is 0 Å². The molecule has 0 aromatic heterocycles.